The maximum absolute atomic E-state index is 12.5. The summed E-state index contributed by atoms with van der Waals surface area (Å²) in [5.74, 6) is -0.848. The SMILES string of the molecule is CCCCN(CCF)C1CCC(C(=O)O)CC1. The van der Waals surface area contributed by atoms with Gasteiger partial charge in [0.25, 0.3) is 0 Å². The van der Waals surface area contributed by atoms with Crippen LogP contribution in [0.5, 0.6) is 0 Å². The zero-order valence-corrected chi connectivity index (χ0v) is 10.7. The maximum Gasteiger partial charge on any atom is 0.306 e. The molecule has 0 saturated heterocycles. The molecule has 0 amide bonds. The Labute approximate surface area is 103 Å². The largest absolute Gasteiger partial charge is 0.481 e. The minimum atomic E-state index is -0.672. The van der Waals surface area contributed by atoms with Crippen molar-refractivity contribution in [2.75, 3.05) is 19.8 Å². The smallest absolute Gasteiger partial charge is 0.306 e. The van der Waals surface area contributed by atoms with E-state index in [2.05, 4.69) is 11.8 Å². The van der Waals surface area contributed by atoms with E-state index in [0.29, 0.717) is 12.6 Å². The Kier molecular flexibility index (Phi) is 6.48. The summed E-state index contributed by atoms with van der Waals surface area (Å²) in [5.41, 5.74) is 0. The highest BCUT2D eigenvalue weighted by Crippen LogP contribution is 2.27. The number of aliphatic carboxylic acids is 1. The Hall–Kier alpha value is -0.640. The van der Waals surface area contributed by atoms with Crippen molar-refractivity contribution in [3.05, 3.63) is 0 Å². The van der Waals surface area contributed by atoms with Crippen molar-refractivity contribution in [3.63, 3.8) is 0 Å². The zero-order chi connectivity index (χ0) is 12.7. The van der Waals surface area contributed by atoms with Gasteiger partial charge in [0.2, 0.25) is 0 Å². The number of hydrogen-bond donors (Lipinski definition) is 1. The van der Waals surface area contributed by atoms with Crippen molar-refractivity contribution in [1.29, 1.82) is 0 Å². The summed E-state index contributed by atoms with van der Waals surface area (Å²) >= 11 is 0. The van der Waals surface area contributed by atoms with Crippen LogP contribution in [0.4, 0.5) is 4.39 Å². The number of carboxylic acid groups (broad SMARTS) is 1. The third-order valence-corrected chi connectivity index (χ3v) is 3.73. The Morgan fingerprint density at radius 3 is 2.41 bits per heavy atom. The number of halogens is 1. The number of carboxylic acids is 1. The molecule has 1 aliphatic carbocycles. The molecule has 1 aliphatic rings. The summed E-state index contributed by atoms with van der Waals surface area (Å²) in [6.45, 7) is 3.28. The van der Waals surface area contributed by atoms with Crippen molar-refractivity contribution in [2.24, 2.45) is 5.92 Å². The molecule has 4 heteroatoms. The van der Waals surface area contributed by atoms with Crippen molar-refractivity contribution >= 4 is 5.97 Å². The van der Waals surface area contributed by atoms with Crippen LogP contribution in [0, 0.1) is 5.92 Å². The van der Waals surface area contributed by atoms with Crippen LogP contribution in [-0.2, 0) is 4.79 Å². The summed E-state index contributed by atoms with van der Waals surface area (Å²) in [6.07, 6.45) is 5.51. The zero-order valence-electron chi connectivity index (χ0n) is 10.7. The van der Waals surface area contributed by atoms with Gasteiger partial charge in [-0.15, -0.1) is 0 Å². The molecule has 0 spiro atoms. The normalized spacial score (nSPS) is 25.1. The molecule has 0 unspecified atom stereocenters. The van der Waals surface area contributed by atoms with Crippen molar-refractivity contribution in [2.45, 2.75) is 51.5 Å². The standard InChI is InChI=1S/C13H24FNO2/c1-2-3-9-15(10-8-14)12-6-4-11(5-7-12)13(16)17/h11-12H,2-10H2,1H3,(H,16,17). The first-order valence-corrected chi connectivity index (χ1v) is 6.71. The minimum absolute atomic E-state index is 0.176. The highest BCUT2D eigenvalue weighted by molar-refractivity contribution is 5.70. The van der Waals surface area contributed by atoms with E-state index in [1.54, 1.807) is 0 Å². The Balaban J connectivity index is 2.39. The van der Waals surface area contributed by atoms with Gasteiger partial charge >= 0.3 is 5.97 Å². The number of rotatable bonds is 7. The van der Waals surface area contributed by atoms with E-state index in [0.717, 1.165) is 45.1 Å². The first-order valence-electron chi connectivity index (χ1n) is 6.71. The molecule has 1 N–H and O–H groups in total. The summed E-state index contributed by atoms with van der Waals surface area (Å²) in [7, 11) is 0. The quantitative estimate of drug-likeness (QED) is 0.749. The lowest BCUT2D eigenvalue weighted by molar-refractivity contribution is -0.143. The molecule has 0 atom stereocenters. The predicted molar refractivity (Wildman–Crippen MR) is 65.8 cm³/mol. The first kappa shape index (κ1) is 14.4. The van der Waals surface area contributed by atoms with E-state index in [4.69, 9.17) is 5.11 Å². The predicted octanol–water partition coefficient (Wildman–Crippen LogP) is 2.70. The van der Waals surface area contributed by atoms with E-state index in [1.165, 1.54) is 0 Å². The fraction of sp³-hybridized carbons (Fsp3) is 0.923. The van der Waals surface area contributed by atoms with E-state index >= 15 is 0 Å². The second-order valence-electron chi connectivity index (χ2n) is 4.92. The number of unbranched alkanes of at least 4 members (excludes halogenated alkanes) is 1. The Morgan fingerprint density at radius 1 is 1.29 bits per heavy atom. The van der Waals surface area contributed by atoms with Crippen LogP contribution >= 0.6 is 0 Å². The van der Waals surface area contributed by atoms with Crippen molar-refractivity contribution < 1.29 is 14.3 Å². The highest BCUT2D eigenvalue weighted by atomic mass is 19.1. The van der Waals surface area contributed by atoms with Gasteiger partial charge in [-0.2, -0.15) is 0 Å². The van der Waals surface area contributed by atoms with E-state index in [9.17, 15) is 9.18 Å². The molecule has 0 aromatic rings. The first-order chi connectivity index (χ1) is 8.19. The van der Waals surface area contributed by atoms with Gasteiger partial charge in [0, 0.05) is 12.6 Å². The van der Waals surface area contributed by atoms with E-state index < -0.39 is 5.97 Å². The lowest BCUT2D eigenvalue weighted by Gasteiger charge is -2.35. The molecule has 3 nitrogen and oxygen atoms in total. The van der Waals surface area contributed by atoms with Crippen molar-refractivity contribution in [3.8, 4) is 0 Å². The van der Waals surface area contributed by atoms with Gasteiger partial charge in [-0.1, -0.05) is 13.3 Å². The lowest BCUT2D eigenvalue weighted by Crippen LogP contribution is -2.40. The molecule has 0 aliphatic heterocycles. The third kappa shape index (κ3) is 4.62. The molecule has 17 heavy (non-hydrogen) atoms. The number of hydrogen-bond acceptors (Lipinski definition) is 2. The van der Waals surface area contributed by atoms with Crippen LogP contribution in [0.15, 0.2) is 0 Å². The van der Waals surface area contributed by atoms with Gasteiger partial charge in [0.05, 0.1) is 5.92 Å². The van der Waals surface area contributed by atoms with E-state index in [1.807, 2.05) is 0 Å². The summed E-state index contributed by atoms with van der Waals surface area (Å²) in [5, 5.41) is 8.93. The van der Waals surface area contributed by atoms with Crippen LogP contribution in [0.25, 0.3) is 0 Å². The molecule has 0 heterocycles. The van der Waals surface area contributed by atoms with Crippen molar-refractivity contribution in [1.82, 2.24) is 4.90 Å². The maximum atomic E-state index is 12.5. The molecule has 0 aromatic heterocycles. The Morgan fingerprint density at radius 2 is 1.94 bits per heavy atom. The molecule has 1 rings (SSSR count). The van der Waals surface area contributed by atoms with E-state index in [-0.39, 0.29) is 12.6 Å². The van der Waals surface area contributed by atoms with Gasteiger partial charge in [-0.05, 0) is 38.6 Å². The fourth-order valence-electron chi connectivity index (χ4n) is 2.63. The molecule has 1 saturated carbocycles. The van der Waals surface area contributed by atoms with Gasteiger partial charge in [-0.3, -0.25) is 9.69 Å². The second-order valence-corrected chi connectivity index (χ2v) is 4.92. The summed E-state index contributed by atoms with van der Waals surface area (Å²) in [6, 6.07) is 0.396. The van der Waals surface area contributed by atoms with Crippen LogP contribution in [-0.4, -0.2) is 41.8 Å². The molecular weight excluding hydrogens is 221 g/mol. The molecule has 1 fully saturated rings. The lowest BCUT2D eigenvalue weighted by atomic mass is 9.85. The topological polar surface area (TPSA) is 40.5 Å². The van der Waals surface area contributed by atoms with Gasteiger partial charge in [0.15, 0.2) is 0 Å². The van der Waals surface area contributed by atoms with Gasteiger partial charge in [0.1, 0.15) is 6.67 Å². The average molecular weight is 245 g/mol. The molecule has 0 radical (unpaired) electrons. The number of nitrogens with zero attached hydrogens (tertiary/aromatic N) is 1. The van der Waals surface area contributed by atoms with Crippen LogP contribution in [0.1, 0.15) is 45.4 Å². The Bertz CT molecular complexity index is 227. The van der Waals surface area contributed by atoms with Crippen LogP contribution < -0.4 is 0 Å². The molecule has 100 valence electrons. The van der Waals surface area contributed by atoms with Gasteiger partial charge in [-0.25, -0.2) is 4.39 Å². The molecule has 0 bridgehead atoms. The van der Waals surface area contributed by atoms with Crippen LogP contribution in [0.2, 0.25) is 0 Å². The summed E-state index contributed by atoms with van der Waals surface area (Å²) < 4.78 is 12.5. The molecular formula is C13H24FNO2. The number of carbonyl (C=O) groups is 1. The second kappa shape index (κ2) is 7.64. The number of alkyl halides is 1. The van der Waals surface area contributed by atoms with Crippen LogP contribution in [0.3, 0.4) is 0 Å². The average Bonchev–Trinajstić information content (AvgIpc) is 2.34. The van der Waals surface area contributed by atoms with Gasteiger partial charge < -0.3 is 5.11 Å². The third-order valence-electron chi connectivity index (χ3n) is 3.73. The monoisotopic (exact) mass is 245 g/mol. The summed E-state index contributed by atoms with van der Waals surface area (Å²) in [4.78, 5) is 13.1. The fourth-order valence-corrected chi connectivity index (χ4v) is 2.63. The minimum Gasteiger partial charge on any atom is -0.481 e. The molecule has 0 aromatic carbocycles. The highest BCUT2D eigenvalue weighted by Gasteiger charge is 2.28.